The number of ether oxygens (including phenoxy) is 1. The molecule has 3 fully saturated rings. The van der Waals surface area contributed by atoms with Crippen molar-refractivity contribution in [3.8, 4) is 5.75 Å². The average molecular weight is 1150 g/mol. The number of aliphatic imine (C=N–C) groups is 1. The summed E-state index contributed by atoms with van der Waals surface area (Å²) in [7, 11) is 4.02. The summed E-state index contributed by atoms with van der Waals surface area (Å²) < 4.78 is 4.59. The van der Waals surface area contributed by atoms with Gasteiger partial charge in [-0.25, -0.2) is 0 Å². The highest BCUT2D eigenvalue weighted by Gasteiger charge is 2.42. The van der Waals surface area contributed by atoms with Crippen molar-refractivity contribution in [2.24, 2.45) is 33.7 Å². The van der Waals surface area contributed by atoms with Crippen LogP contribution in [0, 0.1) is 0 Å². The van der Waals surface area contributed by atoms with Crippen molar-refractivity contribution < 1.29 is 57.5 Å². The third-order valence-corrected chi connectivity index (χ3v) is 17.0. The van der Waals surface area contributed by atoms with Crippen molar-refractivity contribution >= 4 is 92.5 Å². The Labute approximate surface area is 471 Å². The number of primary amides is 3. The van der Waals surface area contributed by atoms with Gasteiger partial charge in [-0.15, -0.1) is 0 Å². The first-order valence-corrected chi connectivity index (χ1v) is 28.7. The molecule has 17 N–H and O–H groups in total. The Balaban J connectivity index is 1.53. The van der Waals surface area contributed by atoms with Crippen LogP contribution < -0.4 is 70.6 Å². The molecule has 80 heavy (non-hydrogen) atoms. The molecule has 2 heterocycles. The Kier molecular flexibility index (Phi) is 24.7. The van der Waals surface area contributed by atoms with Gasteiger partial charge in [0, 0.05) is 49.3 Å². The number of nitrogens with two attached hydrogens (primary N) is 5. The van der Waals surface area contributed by atoms with Crippen molar-refractivity contribution in [3.63, 3.8) is 0 Å². The molecule has 28 heteroatoms. The molecule has 1 aliphatic carbocycles. The summed E-state index contributed by atoms with van der Waals surface area (Å²) >= 11 is 0. The number of guanidine groups is 1. The predicted octanol–water partition coefficient (Wildman–Crippen LogP) is -2.34. The maximum absolute atomic E-state index is 15.0. The van der Waals surface area contributed by atoms with Crippen molar-refractivity contribution in [1.29, 1.82) is 0 Å². The Hall–Kier alpha value is -7.62. The molecule has 1 saturated carbocycles. The lowest BCUT2D eigenvalue weighted by Gasteiger charge is -2.37. The van der Waals surface area contributed by atoms with Gasteiger partial charge in [0.25, 0.3) is 0 Å². The van der Waals surface area contributed by atoms with E-state index in [-0.39, 0.29) is 63.3 Å². The summed E-state index contributed by atoms with van der Waals surface area (Å²) in [6.45, 7) is -0.382. The maximum atomic E-state index is 15.0. The number of hydrogen-bond acceptors (Lipinski definition) is 15. The molecule has 2 aromatic carbocycles. The van der Waals surface area contributed by atoms with Crippen LogP contribution in [-0.4, -0.2) is 155 Å². The number of hydrogen-bond donors (Lipinski definition) is 12. The van der Waals surface area contributed by atoms with Crippen molar-refractivity contribution in [2.45, 2.75) is 143 Å². The van der Waals surface area contributed by atoms with Gasteiger partial charge in [0.15, 0.2) is 5.96 Å². The van der Waals surface area contributed by atoms with Gasteiger partial charge >= 0.3 is 0 Å². The monoisotopic (exact) mass is 1150 g/mol. The van der Waals surface area contributed by atoms with Gasteiger partial charge in [-0.1, -0.05) is 83.3 Å². The van der Waals surface area contributed by atoms with Gasteiger partial charge in [0.1, 0.15) is 48.0 Å². The quantitative estimate of drug-likeness (QED) is 0.0286. The van der Waals surface area contributed by atoms with Gasteiger partial charge in [0.05, 0.1) is 20.1 Å². The van der Waals surface area contributed by atoms with E-state index >= 15 is 0 Å². The molecule has 1 spiro atoms. The predicted molar refractivity (Wildman–Crippen MR) is 298 cm³/mol. The second-order valence-corrected chi connectivity index (χ2v) is 22.8. The fourth-order valence-corrected chi connectivity index (χ4v) is 13.0. The molecular formula is C52H74N14O12S2. The summed E-state index contributed by atoms with van der Waals surface area (Å²) in [6, 6.07) is 5.70. The Morgan fingerprint density at radius 3 is 1.98 bits per heavy atom. The second kappa shape index (κ2) is 31.2. The van der Waals surface area contributed by atoms with Crippen LogP contribution in [0.2, 0.25) is 0 Å². The molecule has 7 atom stereocenters. The summed E-state index contributed by atoms with van der Waals surface area (Å²) in [6.07, 6.45) is 2.41. The molecule has 26 nitrogen and oxygen atoms in total. The maximum Gasteiger partial charge on any atom is 0.246 e. The van der Waals surface area contributed by atoms with Gasteiger partial charge in [0.2, 0.25) is 65.0 Å². The first-order chi connectivity index (χ1) is 38.1. The van der Waals surface area contributed by atoms with Crippen LogP contribution in [0.5, 0.6) is 5.75 Å². The minimum atomic E-state index is -1.77. The van der Waals surface area contributed by atoms with Gasteiger partial charge in [-0.2, -0.15) is 0 Å². The first-order valence-electron chi connectivity index (χ1n) is 26.4. The minimum absolute atomic E-state index is 0.0113. The normalized spacial score (nSPS) is 22.6. The fourth-order valence-electron chi connectivity index (χ4n) is 9.59. The molecule has 2 aromatic rings. The number of nitrogens with one attached hydrogen (secondary N) is 7. The van der Waals surface area contributed by atoms with Crippen LogP contribution in [0.3, 0.4) is 0 Å². The Morgan fingerprint density at radius 1 is 0.738 bits per heavy atom. The molecule has 11 amide bonds. The largest absolute Gasteiger partial charge is 0.497 e. The van der Waals surface area contributed by atoms with Crippen LogP contribution in [0.15, 0.2) is 59.6 Å². The molecule has 2 aliphatic heterocycles. The van der Waals surface area contributed by atoms with E-state index in [0.717, 1.165) is 19.3 Å². The number of nitrogens with zero attached hydrogens (tertiary/aromatic N) is 2. The molecule has 3 unspecified atom stereocenters. The Morgan fingerprint density at radius 2 is 1.35 bits per heavy atom. The lowest BCUT2D eigenvalue weighted by Crippen LogP contribution is -2.61. The van der Waals surface area contributed by atoms with E-state index in [1.165, 1.54) is 33.6 Å². The first kappa shape index (κ1) is 63.2. The zero-order valence-electron chi connectivity index (χ0n) is 44.7. The molecule has 5 rings (SSSR count). The number of carbonyl (C=O) groups is 11. The highest BCUT2D eigenvalue weighted by atomic mass is 33.1. The summed E-state index contributed by atoms with van der Waals surface area (Å²) in [5.41, 5.74) is 28.5. The van der Waals surface area contributed by atoms with E-state index in [1.807, 2.05) is 0 Å². The number of likely N-dealkylation sites (tertiary alicyclic amines) is 1. The standard InChI is InChI=1S/C52H74N14O12S2/c1-78-32-16-14-31(15-17-32)25-35-46(73)63-36(24-30-10-4-2-5-11-30)47(74)61-34(18-19-40(53)67)45(72)64-37(26-41(54)68)48(75)65-38(29-79-80-52(27-43(70)60-35)20-6-3-7-21-52)50(77)66-23-9-13-39(66)49(76)62-33(12-8-22-58-51(56)57)44(71)59-28-42(55)69/h2,4-5,10-11,14-17,33-39H,3,6-9,12-13,18-29H2,1H3,(H2,53,67)(H2,54,68)(H2,55,69)(H,59,71)(H,60,70)(H,61,74)(H,62,76)(H,63,73)(H,64,72)(H,65,75)(H4,56,57,58)/t33-,34?,35?,36-,37-,38?,39-/m0/s1. The molecule has 2 saturated heterocycles. The van der Waals surface area contributed by atoms with Crippen LogP contribution in [0.1, 0.15) is 94.6 Å². The Bertz CT molecular complexity index is 2570. The average Bonchev–Trinajstić information content (AvgIpc) is 3.95. The molecule has 0 radical (unpaired) electrons. The van der Waals surface area contributed by atoms with Crippen LogP contribution in [0.25, 0.3) is 0 Å². The highest BCUT2D eigenvalue weighted by Crippen LogP contribution is 2.48. The lowest BCUT2D eigenvalue weighted by atomic mass is 9.85. The van der Waals surface area contributed by atoms with E-state index in [4.69, 9.17) is 33.4 Å². The van der Waals surface area contributed by atoms with Gasteiger partial charge in [-0.05, 0) is 68.2 Å². The topological polar surface area (TPSA) is 427 Å². The molecule has 3 aliphatic rings. The van der Waals surface area contributed by atoms with E-state index in [0.29, 0.717) is 36.1 Å². The minimum Gasteiger partial charge on any atom is -0.497 e. The van der Waals surface area contributed by atoms with Crippen molar-refractivity contribution in [2.75, 3.05) is 32.5 Å². The van der Waals surface area contributed by atoms with Crippen LogP contribution in [0.4, 0.5) is 0 Å². The van der Waals surface area contributed by atoms with E-state index < -0.39 is 138 Å². The summed E-state index contributed by atoms with van der Waals surface area (Å²) in [5.74, 6) is -8.92. The smallest absolute Gasteiger partial charge is 0.246 e. The highest BCUT2D eigenvalue weighted by molar-refractivity contribution is 8.77. The fraction of sp³-hybridized carbons (Fsp3) is 0.538. The van der Waals surface area contributed by atoms with Gasteiger partial charge < -0.3 is 75.5 Å². The molecular weight excluding hydrogens is 1080 g/mol. The van der Waals surface area contributed by atoms with Crippen molar-refractivity contribution in [3.05, 3.63) is 65.7 Å². The number of carbonyl (C=O) groups excluding carboxylic acids is 11. The molecule has 0 aromatic heterocycles. The van der Waals surface area contributed by atoms with E-state index in [2.05, 4.69) is 42.2 Å². The second-order valence-electron chi connectivity index (χ2n) is 20.0. The number of rotatable bonds is 20. The third-order valence-electron chi connectivity index (χ3n) is 13.7. The SMILES string of the molecule is COc1ccc(CC2NC(=O)CC3(CCCCC3)SSCC(C(=O)N3CCC[C@H]3C(=O)N[C@@H](CCCN=C(N)N)C(=O)NCC(N)=O)NC(=O)[C@H](CC(N)=O)NC(=O)C(CCC(N)=O)NC(=O)[C@H](Cc3ccccc3)NC2=O)cc1. The van der Waals surface area contributed by atoms with E-state index in [1.54, 1.807) is 54.6 Å². The van der Waals surface area contributed by atoms with Crippen LogP contribution >= 0.6 is 21.6 Å². The van der Waals surface area contributed by atoms with Crippen molar-refractivity contribution in [1.82, 2.24) is 42.1 Å². The third kappa shape index (κ3) is 20.2. The number of amides is 11. The van der Waals surface area contributed by atoms with Gasteiger partial charge in [-0.3, -0.25) is 57.7 Å². The molecule has 0 bridgehead atoms. The zero-order valence-corrected chi connectivity index (χ0v) is 46.3. The number of methoxy groups -OCH3 is 1. The summed E-state index contributed by atoms with van der Waals surface area (Å²) in [5, 5.41) is 18.5. The van der Waals surface area contributed by atoms with Crippen LogP contribution in [-0.2, 0) is 65.6 Å². The zero-order chi connectivity index (χ0) is 58.4. The molecule has 436 valence electrons. The lowest BCUT2D eigenvalue weighted by molar-refractivity contribution is -0.142. The van der Waals surface area contributed by atoms with E-state index in [9.17, 15) is 52.7 Å². The number of benzene rings is 2. The summed E-state index contributed by atoms with van der Waals surface area (Å²) in [4.78, 5) is 156.